The number of carbonyl (C=O) groups excluding carboxylic acids is 2. The minimum Gasteiger partial charge on any atom is -0.341 e. The van der Waals surface area contributed by atoms with Crippen molar-refractivity contribution in [1.29, 1.82) is 0 Å². The number of quaternary nitrogens is 2. The molecule has 6 nitrogen and oxygen atoms in total. The molecular weight excluding hydrogens is 316 g/mol. The van der Waals surface area contributed by atoms with Gasteiger partial charge in [0, 0.05) is 17.6 Å². The predicted octanol–water partition coefficient (Wildman–Crippen LogP) is -1.53. The van der Waals surface area contributed by atoms with Crippen molar-refractivity contribution in [2.45, 2.75) is 19.5 Å². The number of imide groups is 1. The molecule has 0 radical (unpaired) electrons. The number of urea groups is 1. The van der Waals surface area contributed by atoms with E-state index < -0.39 is 6.03 Å². The lowest BCUT2D eigenvalue weighted by atomic mass is 10.1. The van der Waals surface area contributed by atoms with Crippen molar-refractivity contribution in [3.05, 3.63) is 34.9 Å². The average molecular weight is 341 g/mol. The van der Waals surface area contributed by atoms with E-state index in [9.17, 15) is 9.59 Å². The molecule has 7 heteroatoms. The van der Waals surface area contributed by atoms with E-state index in [2.05, 4.69) is 22.8 Å². The van der Waals surface area contributed by atoms with Crippen LogP contribution in [0.25, 0.3) is 0 Å². The van der Waals surface area contributed by atoms with E-state index in [1.54, 1.807) is 0 Å². The van der Waals surface area contributed by atoms with Crippen LogP contribution in [0.2, 0.25) is 5.02 Å². The van der Waals surface area contributed by atoms with Crippen LogP contribution in [0.15, 0.2) is 24.3 Å². The van der Waals surface area contributed by atoms with Crippen LogP contribution in [0.3, 0.4) is 0 Å². The molecule has 1 heterocycles. The van der Waals surface area contributed by atoms with Crippen LogP contribution in [0.4, 0.5) is 4.79 Å². The highest BCUT2D eigenvalue weighted by molar-refractivity contribution is 6.30. The zero-order chi connectivity index (χ0) is 16.8. The van der Waals surface area contributed by atoms with Gasteiger partial charge in [-0.15, -0.1) is 0 Å². The summed E-state index contributed by atoms with van der Waals surface area (Å²) in [4.78, 5) is 26.0. The monoisotopic (exact) mass is 340 g/mol. The highest BCUT2D eigenvalue weighted by Gasteiger charge is 2.31. The quantitative estimate of drug-likeness (QED) is 0.537. The topological polar surface area (TPSA) is 67.1 Å². The molecule has 1 aliphatic rings. The summed E-state index contributed by atoms with van der Waals surface area (Å²) in [7, 11) is 1.50. The summed E-state index contributed by atoms with van der Waals surface area (Å²) in [5.74, 6) is -0.222. The molecule has 1 aromatic carbocycles. The van der Waals surface area contributed by atoms with Crippen LogP contribution in [0, 0.1) is 0 Å². The standard InChI is InChI=1S/C16H23ClN4O2/c1-12(15(22)19-16(23)18-2)21-9-7-20(8-10-21)11-13-3-5-14(17)6-4-13/h3-6,12H,7-11H2,1-2H3,(H2,18,19,22,23)/p+2/t12-/m0/s1. The van der Waals surface area contributed by atoms with Gasteiger partial charge in [-0.05, 0) is 19.1 Å². The molecule has 1 aromatic rings. The molecule has 1 saturated heterocycles. The molecule has 1 atom stereocenters. The molecule has 0 saturated carbocycles. The van der Waals surface area contributed by atoms with Crippen LogP contribution < -0.4 is 20.4 Å². The lowest BCUT2D eigenvalue weighted by Crippen LogP contribution is -3.29. The van der Waals surface area contributed by atoms with Gasteiger partial charge in [0.25, 0.3) is 5.91 Å². The molecule has 2 rings (SSSR count). The first kappa shape index (κ1) is 17.7. The molecule has 1 fully saturated rings. The number of hydrogen-bond donors (Lipinski definition) is 4. The number of piperazine rings is 1. The van der Waals surface area contributed by atoms with Gasteiger partial charge in [-0.1, -0.05) is 23.7 Å². The van der Waals surface area contributed by atoms with Crippen LogP contribution in [0.1, 0.15) is 12.5 Å². The Morgan fingerprint density at radius 3 is 2.35 bits per heavy atom. The Morgan fingerprint density at radius 1 is 1.17 bits per heavy atom. The second-order valence-electron chi connectivity index (χ2n) is 6.00. The van der Waals surface area contributed by atoms with Crippen LogP contribution >= 0.6 is 11.6 Å². The Balaban J connectivity index is 1.80. The number of benzene rings is 1. The highest BCUT2D eigenvalue weighted by atomic mass is 35.5. The number of halogens is 1. The van der Waals surface area contributed by atoms with E-state index in [4.69, 9.17) is 11.6 Å². The van der Waals surface area contributed by atoms with Crippen molar-refractivity contribution in [3.63, 3.8) is 0 Å². The third-order valence-electron chi connectivity index (χ3n) is 4.44. The fourth-order valence-corrected chi connectivity index (χ4v) is 3.02. The van der Waals surface area contributed by atoms with Gasteiger partial charge in [0.05, 0.1) is 0 Å². The third-order valence-corrected chi connectivity index (χ3v) is 4.69. The second kappa shape index (κ2) is 8.29. The van der Waals surface area contributed by atoms with Crippen molar-refractivity contribution in [2.24, 2.45) is 0 Å². The molecule has 0 aromatic heterocycles. The summed E-state index contributed by atoms with van der Waals surface area (Å²) in [6, 6.07) is 7.30. The Kier molecular flexibility index (Phi) is 6.38. The SMILES string of the molecule is CNC(=O)NC(=O)[C@H](C)[NH+]1CC[NH+](Cc2ccc(Cl)cc2)CC1. The summed E-state index contributed by atoms with van der Waals surface area (Å²) < 4.78 is 0. The molecular formula is C16H25ClN4O2+2. The van der Waals surface area contributed by atoms with E-state index >= 15 is 0 Å². The first-order chi connectivity index (χ1) is 11.0. The van der Waals surface area contributed by atoms with Crippen molar-refractivity contribution in [1.82, 2.24) is 10.6 Å². The third kappa shape index (κ3) is 5.20. The molecule has 23 heavy (non-hydrogen) atoms. The van der Waals surface area contributed by atoms with Gasteiger partial charge in [-0.25, -0.2) is 4.79 Å². The number of amides is 3. The fourth-order valence-electron chi connectivity index (χ4n) is 2.89. The summed E-state index contributed by atoms with van der Waals surface area (Å²) in [5, 5.41) is 5.51. The van der Waals surface area contributed by atoms with Gasteiger partial charge in [0.15, 0.2) is 6.04 Å². The first-order valence-corrected chi connectivity index (χ1v) is 8.32. The van der Waals surface area contributed by atoms with E-state index in [1.165, 1.54) is 22.4 Å². The molecule has 3 amide bonds. The van der Waals surface area contributed by atoms with Gasteiger partial charge >= 0.3 is 6.03 Å². The van der Waals surface area contributed by atoms with Gasteiger partial charge in [0.2, 0.25) is 0 Å². The van der Waals surface area contributed by atoms with Crippen molar-refractivity contribution in [3.8, 4) is 0 Å². The van der Waals surface area contributed by atoms with Crippen molar-refractivity contribution < 1.29 is 19.4 Å². The molecule has 126 valence electrons. The van der Waals surface area contributed by atoms with Crippen LogP contribution in [-0.4, -0.2) is 51.2 Å². The lowest BCUT2D eigenvalue weighted by molar-refractivity contribution is -1.02. The summed E-state index contributed by atoms with van der Waals surface area (Å²) in [6.45, 7) is 6.71. The summed E-state index contributed by atoms with van der Waals surface area (Å²) in [5.41, 5.74) is 1.28. The largest absolute Gasteiger partial charge is 0.341 e. The zero-order valence-electron chi connectivity index (χ0n) is 13.6. The fraction of sp³-hybridized carbons (Fsp3) is 0.500. The predicted molar refractivity (Wildman–Crippen MR) is 88.6 cm³/mol. The molecule has 4 N–H and O–H groups in total. The van der Waals surface area contributed by atoms with Gasteiger partial charge < -0.3 is 15.1 Å². The average Bonchev–Trinajstić information content (AvgIpc) is 2.56. The second-order valence-corrected chi connectivity index (χ2v) is 6.44. The van der Waals surface area contributed by atoms with Crippen molar-refractivity contribution >= 4 is 23.5 Å². The molecule has 0 aliphatic carbocycles. The Morgan fingerprint density at radius 2 is 1.78 bits per heavy atom. The number of hydrogen-bond acceptors (Lipinski definition) is 2. The smallest absolute Gasteiger partial charge is 0.321 e. The minimum atomic E-state index is -0.451. The van der Waals surface area contributed by atoms with E-state index in [0.29, 0.717) is 0 Å². The Hall–Kier alpha value is -1.63. The molecule has 0 spiro atoms. The molecule has 0 bridgehead atoms. The Labute approximate surface area is 141 Å². The van der Waals surface area contributed by atoms with Crippen molar-refractivity contribution in [2.75, 3.05) is 33.2 Å². The van der Waals surface area contributed by atoms with Gasteiger partial charge in [-0.3, -0.25) is 10.1 Å². The maximum atomic E-state index is 12.0. The van der Waals surface area contributed by atoms with E-state index in [0.717, 1.165) is 37.7 Å². The molecule has 0 unspecified atom stereocenters. The van der Waals surface area contributed by atoms with Crippen LogP contribution in [-0.2, 0) is 11.3 Å². The normalized spacial score (nSPS) is 22.2. The van der Waals surface area contributed by atoms with E-state index in [-0.39, 0.29) is 11.9 Å². The minimum absolute atomic E-state index is 0.218. The van der Waals surface area contributed by atoms with Gasteiger partial charge in [0.1, 0.15) is 32.7 Å². The number of carbonyl (C=O) groups is 2. The maximum Gasteiger partial charge on any atom is 0.321 e. The Bertz CT molecular complexity index is 542. The highest BCUT2D eigenvalue weighted by Crippen LogP contribution is 2.08. The number of nitrogens with one attached hydrogen (secondary N) is 4. The molecule has 1 aliphatic heterocycles. The van der Waals surface area contributed by atoms with E-state index in [1.807, 2.05) is 19.1 Å². The van der Waals surface area contributed by atoms with Crippen LogP contribution in [0.5, 0.6) is 0 Å². The zero-order valence-corrected chi connectivity index (χ0v) is 14.4. The summed E-state index contributed by atoms with van der Waals surface area (Å²) in [6.07, 6.45) is 0. The lowest BCUT2D eigenvalue weighted by Gasteiger charge is -2.32. The first-order valence-electron chi connectivity index (χ1n) is 7.94. The summed E-state index contributed by atoms with van der Waals surface area (Å²) >= 11 is 5.91. The van der Waals surface area contributed by atoms with Gasteiger partial charge in [-0.2, -0.15) is 0 Å². The maximum absolute atomic E-state index is 12.0. The number of rotatable bonds is 4.